The van der Waals surface area contributed by atoms with Gasteiger partial charge in [-0.15, -0.1) is 0 Å². The maximum atomic E-state index is 12.4. The second kappa shape index (κ2) is 9.57. The van der Waals surface area contributed by atoms with Crippen LogP contribution in [-0.2, 0) is 16.1 Å². The minimum atomic E-state index is -0.527. The summed E-state index contributed by atoms with van der Waals surface area (Å²) in [6, 6.07) is 10.4. The third-order valence-electron chi connectivity index (χ3n) is 4.20. The second-order valence-electron chi connectivity index (χ2n) is 7.67. The maximum absolute atomic E-state index is 12.4. The first-order valence-electron chi connectivity index (χ1n) is 9.34. The average Bonchev–Trinajstić information content (AvgIpc) is 2.80. The van der Waals surface area contributed by atoms with Crippen LogP contribution in [0.2, 0.25) is 0 Å². The van der Waals surface area contributed by atoms with Crippen molar-refractivity contribution in [3.63, 3.8) is 0 Å². The molecule has 1 saturated heterocycles. The molecule has 0 bridgehead atoms. The molecule has 6 nitrogen and oxygen atoms in total. The van der Waals surface area contributed by atoms with Gasteiger partial charge in [-0.05, 0) is 32.8 Å². The van der Waals surface area contributed by atoms with Crippen LogP contribution >= 0.6 is 0 Å². The first kappa shape index (κ1) is 20.2. The van der Waals surface area contributed by atoms with Gasteiger partial charge in [-0.3, -0.25) is 9.69 Å². The van der Waals surface area contributed by atoms with Gasteiger partial charge in [-0.25, -0.2) is 4.79 Å². The molecule has 144 valence electrons. The first-order valence-corrected chi connectivity index (χ1v) is 9.34. The topological polar surface area (TPSA) is 61.9 Å². The maximum Gasteiger partial charge on any atom is 0.407 e. The van der Waals surface area contributed by atoms with Gasteiger partial charge >= 0.3 is 6.09 Å². The number of nitrogens with one attached hydrogen (secondary N) is 1. The molecule has 0 spiro atoms. The number of carbonyl (C=O) groups excluding carboxylic acids is 2. The summed E-state index contributed by atoms with van der Waals surface area (Å²) in [7, 11) is 0. The van der Waals surface area contributed by atoms with E-state index in [1.54, 1.807) is 0 Å². The summed E-state index contributed by atoms with van der Waals surface area (Å²) in [5.41, 5.74) is 0.773. The van der Waals surface area contributed by atoms with E-state index in [1.165, 1.54) is 5.56 Å². The molecule has 0 radical (unpaired) electrons. The van der Waals surface area contributed by atoms with Gasteiger partial charge in [0.1, 0.15) is 5.60 Å². The zero-order valence-electron chi connectivity index (χ0n) is 16.2. The van der Waals surface area contributed by atoms with E-state index in [1.807, 2.05) is 31.7 Å². The number of benzene rings is 1. The van der Waals surface area contributed by atoms with Crippen LogP contribution in [0.1, 0.15) is 39.2 Å². The zero-order valence-corrected chi connectivity index (χ0v) is 16.2. The van der Waals surface area contributed by atoms with Gasteiger partial charge in [-0.1, -0.05) is 30.3 Å². The number of carbonyl (C=O) groups is 2. The molecule has 1 heterocycles. The van der Waals surface area contributed by atoms with E-state index in [2.05, 4.69) is 34.5 Å². The molecule has 26 heavy (non-hydrogen) atoms. The molecule has 1 aromatic rings. The van der Waals surface area contributed by atoms with Gasteiger partial charge in [0.15, 0.2) is 0 Å². The lowest BCUT2D eigenvalue weighted by Gasteiger charge is -2.22. The Hall–Kier alpha value is -2.08. The van der Waals surface area contributed by atoms with Crippen molar-refractivity contribution in [2.45, 2.75) is 45.8 Å². The molecule has 1 N–H and O–H groups in total. The number of hydrogen-bond acceptors (Lipinski definition) is 4. The number of alkyl carbamates (subject to hydrolysis) is 1. The Morgan fingerprint density at radius 3 is 2.50 bits per heavy atom. The summed E-state index contributed by atoms with van der Waals surface area (Å²) in [5, 5.41) is 2.65. The minimum absolute atomic E-state index is 0.0858. The van der Waals surface area contributed by atoms with Crippen LogP contribution < -0.4 is 5.32 Å². The normalized spacial score (nSPS) is 16.0. The van der Waals surface area contributed by atoms with E-state index < -0.39 is 11.7 Å². The SMILES string of the molecule is CC(C)(C)OC(=O)NCCC(=O)N1CCCN(Cc2ccccc2)CC1. The highest BCUT2D eigenvalue weighted by atomic mass is 16.6. The van der Waals surface area contributed by atoms with Crippen LogP contribution in [0, 0.1) is 0 Å². The van der Waals surface area contributed by atoms with Crippen LogP contribution in [-0.4, -0.2) is 60.1 Å². The molecule has 0 aromatic heterocycles. The van der Waals surface area contributed by atoms with Gasteiger partial charge in [0.25, 0.3) is 0 Å². The van der Waals surface area contributed by atoms with Crippen LogP contribution in [0.3, 0.4) is 0 Å². The Morgan fingerprint density at radius 2 is 1.81 bits per heavy atom. The van der Waals surface area contributed by atoms with Gasteiger partial charge in [-0.2, -0.15) is 0 Å². The van der Waals surface area contributed by atoms with Crippen molar-refractivity contribution in [2.75, 3.05) is 32.7 Å². The number of amides is 2. The Bertz CT molecular complexity index is 584. The molecule has 2 rings (SSSR count). The molecule has 6 heteroatoms. The largest absolute Gasteiger partial charge is 0.444 e. The highest BCUT2D eigenvalue weighted by molar-refractivity contribution is 5.77. The van der Waals surface area contributed by atoms with Gasteiger partial charge in [0.05, 0.1) is 0 Å². The van der Waals surface area contributed by atoms with Crippen LogP contribution in [0.5, 0.6) is 0 Å². The number of nitrogens with zero attached hydrogens (tertiary/aromatic N) is 2. The van der Waals surface area contributed by atoms with E-state index in [9.17, 15) is 9.59 Å². The Kier molecular flexibility index (Phi) is 7.45. The molecule has 0 saturated carbocycles. The van der Waals surface area contributed by atoms with E-state index >= 15 is 0 Å². The molecule has 0 atom stereocenters. The van der Waals surface area contributed by atoms with Crippen molar-refractivity contribution in [2.24, 2.45) is 0 Å². The molecular formula is C20H31N3O3. The summed E-state index contributed by atoms with van der Waals surface area (Å²) < 4.78 is 5.17. The van der Waals surface area contributed by atoms with Gasteiger partial charge < -0.3 is 15.0 Å². The molecule has 1 fully saturated rings. The highest BCUT2D eigenvalue weighted by Gasteiger charge is 2.20. The molecule has 1 aliphatic heterocycles. The van der Waals surface area contributed by atoms with Crippen molar-refractivity contribution in [1.82, 2.24) is 15.1 Å². The molecule has 1 aromatic carbocycles. The Morgan fingerprint density at radius 1 is 1.08 bits per heavy atom. The average molecular weight is 361 g/mol. The van der Waals surface area contributed by atoms with Crippen LogP contribution in [0.25, 0.3) is 0 Å². The summed E-state index contributed by atoms with van der Waals surface area (Å²) in [6.45, 7) is 10.0. The molecule has 2 amide bonds. The molecular weight excluding hydrogens is 330 g/mol. The first-order chi connectivity index (χ1) is 12.3. The monoisotopic (exact) mass is 361 g/mol. The number of rotatable bonds is 5. The lowest BCUT2D eigenvalue weighted by molar-refractivity contribution is -0.130. The molecule has 1 aliphatic rings. The highest BCUT2D eigenvalue weighted by Crippen LogP contribution is 2.10. The smallest absolute Gasteiger partial charge is 0.407 e. The minimum Gasteiger partial charge on any atom is -0.444 e. The predicted molar refractivity (Wildman–Crippen MR) is 102 cm³/mol. The van der Waals surface area contributed by atoms with Crippen molar-refractivity contribution in [1.29, 1.82) is 0 Å². The molecule has 0 aliphatic carbocycles. The standard InChI is InChI=1S/C20H31N3O3/c1-20(2,3)26-19(25)21-11-10-18(24)23-13-7-12-22(14-15-23)16-17-8-5-4-6-9-17/h4-6,8-9H,7,10-16H2,1-3H3,(H,21,25). The van der Waals surface area contributed by atoms with Crippen LogP contribution in [0.4, 0.5) is 4.79 Å². The second-order valence-corrected chi connectivity index (χ2v) is 7.67. The van der Waals surface area contributed by atoms with Crippen molar-refractivity contribution < 1.29 is 14.3 Å². The Balaban J connectivity index is 1.71. The third kappa shape index (κ3) is 7.44. The zero-order chi connectivity index (χ0) is 19.0. The van der Waals surface area contributed by atoms with Crippen molar-refractivity contribution >= 4 is 12.0 Å². The lowest BCUT2D eigenvalue weighted by atomic mass is 10.2. The lowest BCUT2D eigenvalue weighted by Crippen LogP contribution is -2.38. The summed E-state index contributed by atoms with van der Waals surface area (Å²) >= 11 is 0. The van der Waals surface area contributed by atoms with E-state index in [0.29, 0.717) is 13.0 Å². The summed E-state index contributed by atoms with van der Waals surface area (Å²) in [5.74, 6) is 0.0858. The Labute approximate surface area is 156 Å². The number of hydrogen-bond donors (Lipinski definition) is 1. The third-order valence-corrected chi connectivity index (χ3v) is 4.20. The van der Waals surface area contributed by atoms with Crippen LogP contribution in [0.15, 0.2) is 30.3 Å². The summed E-state index contributed by atoms with van der Waals surface area (Å²) in [4.78, 5) is 28.3. The predicted octanol–water partition coefficient (Wildman–Crippen LogP) is 2.64. The van der Waals surface area contributed by atoms with E-state index in [4.69, 9.17) is 4.74 Å². The fourth-order valence-electron chi connectivity index (χ4n) is 2.96. The molecule has 0 unspecified atom stereocenters. The van der Waals surface area contributed by atoms with E-state index in [0.717, 1.165) is 39.1 Å². The van der Waals surface area contributed by atoms with Crippen molar-refractivity contribution in [3.05, 3.63) is 35.9 Å². The van der Waals surface area contributed by atoms with Crippen molar-refractivity contribution in [3.8, 4) is 0 Å². The van der Waals surface area contributed by atoms with E-state index in [-0.39, 0.29) is 5.91 Å². The quantitative estimate of drug-likeness (QED) is 0.876. The summed E-state index contributed by atoms with van der Waals surface area (Å²) in [6.07, 6.45) is 0.797. The van der Waals surface area contributed by atoms with Gasteiger partial charge in [0, 0.05) is 45.7 Å². The van der Waals surface area contributed by atoms with Gasteiger partial charge in [0.2, 0.25) is 5.91 Å². The number of ether oxygens (including phenoxy) is 1. The fourth-order valence-corrected chi connectivity index (χ4v) is 2.96. The fraction of sp³-hybridized carbons (Fsp3) is 0.600.